The number of hydrogen-bond acceptors (Lipinski definition) is 1. The lowest BCUT2D eigenvalue weighted by atomic mass is 9.81. The van der Waals surface area contributed by atoms with Crippen molar-refractivity contribution in [1.82, 2.24) is 0 Å². The lowest BCUT2D eigenvalue weighted by Crippen LogP contribution is -2.15. The fraction of sp³-hybridized carbons (Fsp3) is 0.412. The van der Waals surface area contributed by atoms with Gasteiger partial charge in [0.1, 0.15) is 0 Å². The largest absolute Gasteiger partial charge is 0.133 e. The van der Waals surface area contributed by atoms with E-state index < -0.39 is 0 Å². The number of thiophene rings is 1. The van der Waals surface area contributed by atoms with Crippen LogP contribution in [0.15, 0.2) is 40.2 Å². The Morgan fingerprint density at radius 2 is 1.90 bits per heavy atom. The van der Waals surface area contributed by atoms with Crippen molar-refractivity contribution >= 4 is 38.9 Å². The smallest absolute Gasteiger partial charge is 0.0704 e. The molecule has 1 aromatic carbocycles. The van der Waals surface area contributed by atoms with Gasteiger partial charge in [0, 0.05) is 10.8 Å². The first-order valence-corrected chi connectivity index (χ1v) is 9.04. The molecule has 0 fully saturated rings. The molecule has 1 aromatic heterocycles. The highest BCUT2D eigenvalue weighted by molar-refractivity contribution is 9.11. The first-order chi connectivity index (χ1) is 9.54. The predicted octanol–water partition coefficient (Wildman–Crippen LogP) is 6.93. The molecule has 3 atom stereocenters. The number of halogens is 2. The maximum atomic E-state index is 6.88. The van der Waals surface area contributed by atoms with Gasteiger partial charge in [-0.2, -0.15) is 0 Å². The van der Waals surface area contributed by atoms with Gasteiger partial charge in [0.05, 0.1) is 9.16 Å². The van der Waals surface area contributed by atoms with Gasteiger partial charge in [-0.05, 0) is 46.0 Å². The highest BCUT2D eigenvalue weighted by atomic mass is 79.9. The summed E-state index contributed by atoms with van der Waals surface area (Å²) in [5.74, 6) is 0.904. The van der Waals surface area contributed by atoms with Gasteiger partial charge in [-0.3, -0.25) is 0 Å². The van der Waals surface area contributed by atoms with E-state index in [-0.39, 0.29) is 5.38 Å². The molecule has 1 heterocycles. The van der Waals surface area contributed by atoms with Gasteiger partial charge in [0.25, 0.3) is 0 Å². The van der Waals surface area contributed by atoms with Crippen molar-refractivity contribution in [3.8, 4) is 0 Å². The minimum absolute atomic E-state index is 0.0231. The van der Waals surface area contributed by atoms with Gasteiger partial charge in [-0.25, -0.2) is 0 Å². The summed E-state index contributed by atoms with van der Waals surface area (Å²) in [4.78, 5) is 1.31. The third-order valence-corrected chi connectivity index (χ3v) is 6.06. The molecule has 3 unspecified atom stereocenters. The maximum absolute atomic E-state index is 6.88. The van der Waals surface area contributed by atoms with E-state index in [9.17, 15) is 0 Å². The Bertz CT molecular complexity index is 549. The Morgan fingerprint density at radius 1 is 1.25 bits per heavy atom. The molecular formula is C17H20BrClS. The summed E-state index contributed by atoms with van der Waals surface area (Å²) in [6.07, 6.45) is 1.13. The highest BCUT2D eigenvalue weighted by Gasteiger charge is 2.29. The standard InChI is InChI=1S/C17H20BrClS/c1-4-11(2)16(13-8-6-5-7-9-13)17(19)14-10-15(18)20-12(14)3/h5-11,16-17H,4H2,1-3H3. The molecule has 0 aliphatic rings. The van der Waals surface area contributed by atoms with E-state index >= 15 is 0 Å². The van der Waals surface area contributed by atoms with Crippen molar-refractivity contribution in [2.45, 2.75) is 38.5 Å². The first kappa shape index (κ1) is 16.1. The van der Waals surface area contributed by atoms with Crippen LogP contribution in [0.2, 0.25) is 0 Å². The molecule has 0 aliphatic heterocycles. The SMILES string of the molecule is CCC(C)C(c1ccccc1)C(Cl)c1cc(Br)sc1C. The number of benzene rings is 1. The molecule has 0 spiro atoms. The van der Waals surface area contributed by atoms with E-state index in [1.165, 1.54) is 16.0 Å². The summed E-state index contributed by atoms with van der Waals surface area (Å²) >= 11 is 12.2. The number of rotatable bonds is 5. The lowest BCUT2D eigenvalue weighted by Gasteiger charge is -2.28. The van der Waals surface area contributed by atoms with Crippen molar-refractivity contribution in [2.75, 3.05) is 0 Å². The number of aryl methyl sites for hydroxylation is 1. The zero-order chi connectivity index (χ0) is 14.7. The van der Waals surface area contributed by atoms with E-state index in [1.54, 1.807) is 11.3 Å². The van der Waals surface area contributed by atoms with Gasteiger partial charge in [0.2, 0.25) is 0 Å². The monoisotopic (exact) mass is 370 g/mol. The molecule has 0 radical (unpaired) electrons. The van der Waals surface area contributed by atoms with Crippen LogP contribution in [0.25, 0.3) is 0 Å². The van der Waals surface area contributed by atoms with Gasteiger partial charge in [-0.15, -0.1) is 22.9 Å². The molecule has 2 rings (SSSR count). The lowest BCUT2D eigenvalue weighted by molar-refractivity contribution is 0.433. The summed E-state index contributed by atoms with van der Waals surface area (Å²) in [5, 5.41) is 0.0231. The third-order valence-electron chi connectivity index (χ3n) is 3.98. The third kappa shape index (κ3) is 3.47. The average Bonchev–Trinajstić information content (AvgIpc) is 2.79. The zero-order valence-corrected chi connectivity index (χ0v) is 15.2. The quantitative estimate of drug-likeness (QED) is 0.500. The summed E-state index contributed by atoms with van der Waals surface area (Å²) < 4.78 is 1.16. The van der Waals surface area contributed by atoms with Crippen LogP contribution in [-0.4, -0.2) is 0 Å². The van der Waals surface area contributed by atoms with Crippen molar-refractivity contribution in [3.05, 3.63) is 56.2 Å². The van der Waals surface area contributed by atoms with E-state index in [1.807, 2.05) is 0 Å². The topological polar surface area (TPSA) is 0 Å². The molecule has 0 N–H and O–H groups in total. The number of hydrogen-bond donors (Lipinski definition) is 0. The molecule has 0 saturated carbocycles. The van der Waals surface area contributed by atoms with Crippen molar-refractivity contribution in [2.24, 2.45) is 5.92 Å². The molecule has 108 valence electrons. The van der Waals surface area contributed by atoms with Crippen LogP contribution in [-0.2, 0) is 0 Å². The van der Waals surface area contributed by atoms with Crippen molar-refractivity contribution in [3.63, 3.8) is 0 Å². The van der Waals surface area contributed by atoms with Gasteiger partial charge >= 0.3 is 0 Å². The fourth-order valence-electron chi connectivity index (χ4n) is 2.64. The second-order valence-electron chi connectivity index (χ2n) is 5.29. The van der Waals surface area contributed by atoms with Crippen LogP contribution in [0.3, 0.4) is 0 Å². The van der Waals surface area contributed by atoms with Crippen molar-refractivity contribution in [1.29, 1.82) is 0 Å². The predicted molar refractivity (Wildman–Crippen MR) is 94.0 cm³/mol. The summed E-state index contributed by atoms with van der Waals surface area (Å²) in [7, 11) is 0. The Morgan fingerprint density at radius 3 is 2.40 bits per heavy atom. The number of alkyl halides is 1. The average molecular weight is 372 g/mol. The Balaban J connectivity index is 2.39. The fourth-order valence-corrected chi connectivity index (χ4v) is 5.08. The van der Waals surface area contributed by atoms with Crippen LogP contribution in [0.4, 0.5) is 0 Å². The molecule has 0 nitrogen and oxygen atoms in total. The molecule has 3 heteroatoms. The van der Waals surface area contributed by atoms with Gasteiger partial charge in [-0.1, -0.05) is 50.6 Å². The first-order valence-electron chi connectivity index (χ1n) is 6.99. The Labute approximate surface area is 139 Å². The van der Waals surface area contributed by atoms with Gasteiger partial charge < -0.3 is 0 Å². The van der Waals surface area contributed by atoms with E-state index in [0.717, 1.165) is 10.2 Å². The van der Waals surface area contributed by atoms with Crippen LogP contribution in [0.1, 0.15) is 47.6 Å². The molecule has 0 saturated heterocycles. The highest BCUT2D eigenvalue weighted by Crippen LogP contribution is 2.45. The van der Waals surface area contributed by atoms with Gasteiger partial charge in [0.15, 0.2) is 0 Å². The minimum Gasteiger partial charge on any atom is -0.133 e. The normalized spacial score (nSPS) is 15.8. The van der Waals surface area contributed by atoms with Crippen LogP contribution < -0.4 is 0 Å². The maximum Gasteiger partial charge on any atom is 0.0704 e. The van der Waals surface area contributed by atoms with Crippen LogP contribution in [0.5, 0.6) is 0 Å². The summed E-state index contributed by atoms with van der Waals surface area (Å²) in [6.45, 7) is 6.68. The molecule has 2 aromatic rings. The molecule has 0 bridgehead atoms. The van der Waals surface area contributed by atoms with Crippen LogP contribution >= 0.6 is 38.9 Å². The second-order valence-corrected chi connectivity index (χ2v) is 8.39. The molecule has 20 heavy (non-hydrogen) atoms. The van der Waals surface area contributed by atoms with E-state index in [4.69, 9.17) is 11.6 Å². The molecule has 0 aliphatic carbocycles. The summed E-state index contributed by atoms with van der Waals surface area (Å²) in [6, 6.07) is 12.8. The molecule has 0 amide bonds. The minimum atomic E-state index is 0.0231. The van der Waals surface area contributed by atoms with E-state index in [0.29, 0.717) is 11.8 Å². The zero-order valence-electron chi connectivity index (χ0n) is 12.1. The summed E-state index contributed by atoms with van der Waals surface area (Å²) in [5.41, 5.74) is 2.60. The Hall–Kier alpha value is -0.310. The Kier molecular flexibility index (Phi) is 5.71. The van der Waals surface area contributed by atoms with Crippen molar-refractivity contribution < 1.29 is 0 Å². The van der Waals surface area contributed by atoms with E-state index in [2.05, 4.69) is 73.1 Å². The van der Waals surface area contributed by atoms with Crippen LogP contribution in [0, 0.1) is 12.8 Å². The second kappa shape index (κ2) is 7.11. The molecular weight excluding hydrogens is 352 g/mol.